The van der Waals surface area contributed by atoms with Crippen LogP contribution in [0.25, 0.3) is 21.6 Å². The van der Waals surface area contributed by atoms with Crippen molar-refractivity contribution in [3.63, 3.8) is 0 Å². The summed E-state index contributed by atoms with van der Waals surface area (Å²) in [5, 5.41) is 6.46. The predicted octanol–water partition coefficient (Wildman–Crippen LogP) is 3.38. The first-order valence-corrected chi connectivity index (χ1v) is 9.51. The van der Waals surface area contributed by atoms with Crippen molar-refractivity contribution in [2.75, 3.05) is 18.0 Å². The summed E-state index contributed by atoms with van der Waals surface area (Å²) < 4.78 is 1.84. The normalized spacial score (nSPS) is 20.8. The molecule has 25 heavy (non-hydrogen) atoms. The Balaban J connectivity index is 1.77. The Morgan fingerprint density at radius 3 is 2.84 bits per heavy atom. The van der Waals surface area contributed by atoms with Gasteiger partial charge in [0, 0.05) is 72.0 Å². The van der Waals surface area contributed by atoms with E-state index in [1.54, 1.807) is 11.3 Å². The van der Waals surface area contributed by atoms with Crippen molar-refractivity contribution in [3.8, 4) is 21.6 Å². The van der Waals surface area contributed by atoms with E-state index in [1.165, 1.54) is 21.7 Å². The van der Waals surface area contributed by atoms with Crippen LogP contribution in [-0.4, -0.2) is 33.9 Å². The van der Waals surface area contributed by atoms with Crippen molar-refractivity contribution < 1.29 is 0 Å². The van der Waals surface area contributed by atoms with E-state index < -0.39 is 0 Å². The molecule has 4 heterocycles. The summed E-state index contributed by atoms with van der Waals surface area (Å²) in [5.41, 5.74) is 11.0. The molecule has 0 aromatic carbocycles. The second-order valence-electron chi connectivity index (χ2n) is 6.96. The molecule has 0 spiro atoms. The van der Waals surface area contributed by atoms with Gasteiger partial charge in [-0.1, -0.05) is 6.92 Å². The van der Waals surface area contributed by atoms with Crippen LogP contribution in [0.3, 0.4) is 0 Å². The van der Waals surface area contributed by atoms with Gasteiger partial charge in [-0.25, -0.2) is 0 Å². The van der Waals surface area contributed by atoms with Crippen molar-refractivity contribution in [3.05, 3.63) is 42.3 Å². The zero-order valence-corrected chi connectivity index (χ0v) is 15.4. The Hall–Kier alpha value is -2.18. The lowest BCUT2D eigenvalue weighted by Gasteiger charge is -2.37. The average Bonchev–Trinajstić information content (AvgIpc) is 3.22. The van der Waals surface area contributed by atoms with E-state index in [4.69, 9.17) is 5.73 Å². The van der Waals surface area contributed by atoms with Gasteiger partial charge in [-0.2, -0.15) is 5.10 Å². The van der Waals surface area contributed by atoms with Gasteiger partial charge in [-0.3, -0.25) is 9.67 Å². The fraction of sp³-hybridized carbons (Fsp3) is 0.368. The Morgan fingerprint density at radius 1 is 1.20 bits per heavy atom. The minimum atomic E-state index is 0.228. The molecule has 0 aliphatic carbocycles. The van der Waals surface area contributed by atoms with Gasteiger partial charge in [-0.15, -0.1) is 11.3 Å². The summed E-state index contributed by atoms with van der Waals surface area (Å²) in [4.78, 5) is 8.06. The van der Waals surface area contributed by atoms with Crippen molar-refractivity contribution in [1.29, 1.82) is 0 Å². The highest BCUT2D eigenvalue weighted by molar-refractivity contribution is 7.14. The number of thiophene rings is 1. The topological polar surface area (TPSA) is 60.0 Å². The molecule has 2 atom stereocenters. The highest BCUT2D eigenvalue weighted by Crippen LogP contribution is 2.41. The van der Waals surface area contributed by atoms with Gasteiger partial charge in [0.25, 0.3) is 0 Å². The molecule has 0 unspecified atom stereocenters. The number of hydrogen-bond donors (Lipinski definition) is 1. The fourth-order valence-corrected chi connectivity index (χ4v) is 4.68. The van der Waals surface area contributed by atoms with Crippen LogP contribution in [0, 0.1) is 5.92 Å². The Morgan fingerprint density at radius 2 is 2.08 bits per heavy atom. The molecule has 3 aromatic rings. The zero-order valence-electron chi connectivity index (χ0n) is 14.6. The van der Waals surface area contributed by atoms with E-state index in [-0.39, 0.29) is 6.04 Å². The summed E-state index contributed by atoms with van der Waals surface area (Å²) in [7, 11) is 1.95. The smallest absolute Gasteiger partial charge is 0.0568 e. The molecule has 1 fully saturated rings. The second-order valence-corrected chi connectivity index (χ2v) is 7.88. The molecular weight excluding hydrogens is 330 g/mol. The van der Waals surface area contributed by atoms with Crippen molar-refractivity contribution in [2.24, 2.45) is 18.7 Å². The van der Waals surface area contributed by atoms with Crippen LogP contribution >= 0.6 is 11.3 Å². The van der Waals surface area contributed by atoms with Crippen LogP contribution in [0.15, 0.2) is 42.3 Å². The molecule has 6 heteroatoms. The lowest BCUT2D eigenvalue weighted by molar-refractivity contribution is 0.402. The monoisotopic (exact) mass is 353 g/mol. The van der Waals surface area contributed by atoms with E-state index >= 15 is 0 Å². The number of piperidine rings is 1. The second kappa shape index (κ2) is 6.61. The first-order chi connectivity index (χ1) is 12.1. The minimum absolute atomic E-state index is 0.228. The van der Waals surface area contributed by atoms with Crippen LogP contribution < -0.4 is 10.6 Å². The number of hydrogen-bond acceptors (Lipinski definition) is 5. The molecule has 0 radical (unpaired) electrons. The van der Waals surface area contributed by atoms with E-state index in [1.807, 2.05) is 30.3 Å². The molecule has 0 amide bonds. The van der Waals surface area contributed by atoms with Crippen molar-refractivity contribution >= 4 is 17.0 Å². The molecule has 3 aromatic heterocycles. The highest BCUT2D eigenvalue weighted by atomic mass is 32.1. The molecule has 0 saturated carbocycles. The number of aromatic nitrogens is 3. The Labute approximate surface area is 152 Å². The van der Waals surface area contributed by atoms with Crippen LogP contribution in [0.4, 0.5) is 5.69 Å². The number of aryl methyl sites for hydroxylation is 1. The third-order valence-electron chi connectivity index (χ3n) is 4.76. The maximum absolute atomic E-state index is 6.28. The zero-order chi connectivity index (χ0) is 17.4. The molecule has 1 aliphatic heterocycles. The quantitative estimate of drug-likeness (QED) is 0.784. The average molecular weight is 353 g/mol. The maximum atomic E-state index is 6.28. The van der Waals surface area contributed by atoms with E-state index in [9.17, 15) is 0 Å². The number of pyridine rings is 1. The Kier molecular flexibility index (Phi) is 4.31. The lowest BCUT2D eigenvalue weighted by atomic mass is 9.95. The summed E-state index contributed by atoms with van der Waals surface area (Å²) in [5.74, 6) is 0.603. The van der Waals surface area contributed by atoms with Gasteiger partial charge in [0.15, 0.2) is 0 Å². The van der Waals surface area contributed by atoms with Crippen LogP contribution in [0.1, 0.15) is 13.3 Å². The van der Waals surface area contributed by atoms with Crippen LogP contribution in [0.2, 0.25) is 0 Å². The SMILES string of the molecule is C[C@@H]1C[C@@H](N)CN(c2ccncc2-c2sccc2-c2cnn(C)c2)C1. The third kappa shape index (κ3) is 3.19. The van der Waals surface area contributed by atoms with Gasteiger partial charge >= 0.3 is 0 Å². The first kappa shape index (κ1) is 16.3. The highest BCUT2D eigenvalue weighted by Gasteiger charge is 2.25. The number of nitrogens with zero attached hydrogens (tertiary/aromatic N) is 4. The largest absolute Gasteiger partial charge is 0.369 e. The van der Waals surface area contributed by atoms with Gasteiger partial charge in [0.2, 0.25) is 0 Å². The van der Waals surface area contributed by atoms with Crippen LogP contribution in [-0.2, 0) is 7.05 Å². The molecule has 0 bridgehead atoms. The summed E-state index contributed by atoms with van der Waals surface area (Å²) >= 11 is 1.75. The third-order valence-corrected chi connectivity index (χ3v) is 5.70. The van der Waals surface area contributed by atoms with E-state index in [0.717, 1.165) is 25.1 Å². The molecule has 5 nitrogen and oxygen atoms in total. The van der Waals surface area contributed by atoms with Crippen molar-refractivity contribution in [1.82, 2.24) is 14.8 Å². The molecule has 1 saturated heterocycles. The van der Waals surface area contributed by atoms with Crippen LogP contribution in [0.5, 0.6) is 0 Å². The predicted molar refractivity (Wildman–Crippen MR) is 104 cm³/mol. The molecule has 2 N–H and O–H groups in total. The van der Waals surface area contributed by atoms with Gasteiger partial charge in [-0.05, 0) is 29.9 Å². The van der Waals surface area contributed by atoms with E-state index in [0.29, 0.717) is 5.92 Å². The minimum Gasteiger partial charge on any atom is -0.369 e. The summed E-state index contributed by atoms with van der Waals surface area (Å²) in [6, 6.07) is 4.51. The fourth-order valence-electron chi connectivity index (χ4n) is 3.74. The van der Waals surface area contributed by atoms with Gasteiger partial charge in [0.1, 0.15) is 0 Å². The first-order valence-electron chi connectivity index (χ1n) is 8.63. The summed E-state index contributed by atoms with van der Waals surface area (Å²) in [6.07, 6.45) is 8.92. The molecular formula is C19H23N5S. The summed E-state index contributed by atoms with van der Waals surface area (Å²) in [6.45, 7) is 4.21. The number of rotatable bonds is 3. The Bertz CT molecular complexity index is 858. The van der Waals surface area contributed by atoms with Gasteiger partial charge in [0.05, 0.1) is 6.20 Å². The van der Waals surface area contributed by atoms with Crippen molar-refractivity contribution in [2.45, 2.75) is 19.4 Å². The number of anilines is 1. The number of nitrogens with two attached hydrogens (primary N) is 1. The lowest BCUT2D eigenvalue weighted by Crippen LogP contribution is -2.46. The maximum Gasteiger partial charge on any atom is 0.0568 e. The molecule has 1 aliphatic rings. The molecule has 130 valence electrons. The van der Waals surface area contributed by atoms with Gasteiger partial charge < -0.3 is 10.6 Å². The van der Waals surface area contributed by atoms with E-state index in [2.05, 4.69) is 45.6 Å². The molecule has 4 rings (SSSR count). The standard InChI is InChI=1S/C19H23N5S/c1-13-7-15(20)12-24(10-13)18-3-5-21-9-17(18)19-16(4-6-25-19)14-8-22-23(2)11-14/h3-6,8-9,11,13,15H,7,10,12,20H2,1-2H3/t13-,15-/m1/s1.